The van der Waals surface area contributed by atoms with Crippen LogP contribution in [0.5, 0.6) is 34.5 Å². The van der Waals surface area contributed by atoms with Crippen molar-refractivity contribution in [2.45, 2.75) is 0 Å². The molecule has 0 amide bonds. The maximum absolute atomic E-state index is 7.26. The number of hydrogen-bond acceptors (Lipinski definition) is 3. The maximum Gasteiger partial charge on any atom is 0.135 e. The summed E-state index contributed by atoms with van der Waals surface area (Å²) in [5.41, 5.74) is 29.9. The second-order valence-corrected chi connectivity index (χ2v) is 35.3. The first kappa shape index (κ1) is 73.0. The highest BCUT2D eigenvalue weighted by atomic mass is 16.5. The van der Waals surface area contributed by atoms with E-state index in [4.69, 9.17) is 14.2 Å². The third kappa shape index (κ3) is 11.2. The molecule has 25 aromatic carbocycles. The Hall–Kier alpha value is -17.2. The first-order chi connectivity index (χ1) is 65.0. The van der Waals surface area contributed by atoms with E-state index in [-0.39, 0.29) is 0 Å². The third-order valence-corrected chi connectivity index (χ3v) is 28.4. The van der Waals surface area contributed by atoms with Gasteiger partial charge in [-0.15, -0.1) is 0 Å². The number of para-hydroxylation sites is 1. The Morgan fingerprint density at radius 3 is 1.01 bits per heavy atom. The molecule has 0 saturated carbocycles. The topological polar surface area (TPSA) is 27.7 Å². The summed E-state index contributed by atoms with van der Waals surface area (Å²) in [7, 11) is 0. The lowest BCUT2D eigenvalue weighted by molar-refractivity contribution is 0.487. The molecule has 0 unspecified atom stereocenters. The van der Waals surface area contributed by atoms with Crippen LogP contribution in [0.15, 0.2) is 449 Å². The van der Waals surface area contributed by atoms with Gasteiger partial charge in [0.15, 0.2) is 0 Å². The van der Waals surface area contributed by atoms with Crippen LogP contribution >= 0.6 is 0 Å². The number of fused-ring (bicyclic) bond motifs is 14. The van der Waals surface area contributed by atoms with Gasteiger partial charge in [-0.3, -0.25) is 0 Å². The average Bonchev–Trinajstić information content (AvgIpc) is 0.709. The molecule has 3 aliphatic rings. The molecule has 0 bridgehead atoms. The van der Waals surface area contributed by atoms with Crippen molar-refractivity contribution in [2.75, 3.05) is 0 Å². The van der Waals surface area contributed by atoms with Gasteiger partial charge in [-0.05, 0) is 304 Å². The van der Waals surface area contributed by atoms with Crippen LogP contribution in [0.25, 0.3) is 263 Å². The van der Waals surface area contributed by atoms with Crippen LogP contribution < -0.4 is 14.2 Å². The zero-order valence-corrected chi connectivity index (χ0v) is 70.9. The van der Waals surface area contributed by atoms with Crippen LogP contribution in [0.3, 0.4) is 0 Å². The lowest BCUT2D eigenvalue weighted by Gasteiger charge is -2.27. The van der Waals surface area contributed by atoms with Gasteiger partial charge in [-0.1, -0.05) is 370 Å². The zero-order valence-electron chi connectivity index (χ0n) is 70.9. The van der Waals surface area contributed by atoms with Crippen molar-refractivity contribution < 1.29 is 14.2 Å². The van der Waals surface area contributed by atoms with Gasteiger partial charge in [-0.25, -0.2) is 0 Å². The van der Waals surface area contributed by atoms with Gasteiger partial charge in [0.25, 0.3) is 0 Å². The first-order valence-electron chi connectivity index (χ1n) is 45.2. The number of rotatable bonds is 10. The van der Waals surface area contributed by atoms with Crippen molar-refractivity contribution in [1.82, 2.24) is 0 Å². The lowest BCUT2D eigenvalue weighted by atomic mass is 9.80. The van der Waals surface area contributed by atoms with E-state index in [1.807, 2.05) is 0 Å². The minimum atomic E-state index is 0.818. The van der Waals surface area contributed by atoms with E-state index in [1.54, 1.807) is 0 Å². The summed E-state index contributed by atoms with van der Waals surface area (Å²) < 4.78 is 20.9. The fourth-order valence-corrected chi connectivity index (χ4v) is 22.6. The van der Waals surface area contributed by atoms with Crippen molar-refractivity contribution in [3.8, 4) is 179 Å². The number of hydrogen-bond donors (Lipinski definition) is 0. The molecule has 0 atom stereocenters. The SMILES string of the molecule is c1ccc(-c2ccc(-c3c4ccccc4c(-c4ccc(-c5ccc6c(c5)-c5cccc7cccc(c57)O6)cc4)c4cc(-c5ccc6c(-c7cccc8ccccc78)c7ccccc7c(-c7ccc8c9c(c(-c%10cc%11c%12c(cccc%12c%10)Oc%10ccc(-c%12c%13ccccc%13c(-c%13cccc%14ccccc%13%14)c%13ccccc%12%13)cc%10-%11)ccc79)-c7ccccc7O8)c6c5)ccc34)cc2)cc1. The molecule has 604 valence electrons. The van der Waals surface area contributed by atoms with E-state index < -0.39 is 0 Å². The van der Waals surface area contributed by atoms with E-state index >= 15 is 0 Å². The number of benzene rings is 25. The molecule has 0 aliphatic carbocycles. The second kappa shape index (κ2) is 28.6. The van der Waals surface area contributed by atoms with Crippen molar-refractivity contribution >= 4 is 118 Å². The smallest absolute Gasteiger partial charge is 0.135 e. The normalized spacial score (nSPS) is 12.3. The monoisotopic (exact) mass is 1660 g/mol. The van der Waals surface area contributed by atoms with Crippen LogP contribution in [0.2, 0.25) is 0 Å². The summed E-state index contributed by atoms with van der Waals surface area (Å²) in [6.45, 7) is 0. The van der Waals surface area contributed by atoms with Gasteiger partial charge in [0.05, 0.1) is 0 Å². The van der Waals surface area contributed by atoms with E-state index in [0.717, 1.165) is 161 Å². The standard InChI is InChI=1S/C128H74O3/c1-2-23-75(24-3-1)76-49-53-81(54-50-76)119-94-34-8-9-35-95(94)120(82-55-51-77(52-56-82)83-59-66-114-108(70-83)102-45-20-29-80-30-21-47-116(130-114)122(80)102)110-71-84(57-61-105(110)119)85-58-62-106-111(72-85)126(101-41-15-14-40-100(101)125(106)93-44-19-28-79-26-5-7-33-90(79)93)103-65-68-118-128-104(103)64-63-91(127(128)107-42-16-17-46-113(107)129-118)88-69-86-31-22-48-117-123(86)112(74-88)109-73-87(60-67-115(109)131-117)121-96-36-10-12-38-98(96)124(99-39-13-11-37-97(99)121)92-43-18-27-78-25-4-6-32-89(78)92/h1-74H. The minimum Gasteiger partial charge on any atom is -0.456 e. The Labute approximate surface area is 755 Å². The Balaban J connectivity index is 0.643. The van der Waals surface area contributed by atoms with Gasteiger partial charge in [-0.2, -0.15) is 0 Å². The van der Waals surface area contributed by atoms with Crippen LogP contribution in [0.1, 0.15) is 0 Å². The molecule has 0 aromatic heterocycles. The van der Waals surface area contributed by atoms with Crippen LogP contribution in [-0.2, 0) is 0 Å². The molecule has 3 aliphatic heterocycles. The number of ether oxygens (including phenoxy) is 3. The van der Waals surface area contributed by atoms with Crippen LogP contribution in [-0.4, -0.2) is 0 Å². The van der Waals surface area contributed by atoms with Gasteiger partial charge < -0.3 is 14.2 Å². The molecule has 0 fully saturated rings. The summed E-state index contributed by atoms with van der Waals surface area (Å²) in [6, 6.07) is 167. The highest BCUT2D eigenvalue weighted by molar-refractivity contribution is 6.30. The molecule has 131 heavy (non-hydrogen) atoms. The highest BCUT2D eigenvalue weighted by Gasteiger charge is 2.32. The molecule has 0 spiro atoms. The molecule has 3 heteroatoms. The third-order valence-electron chi connectivity index (χ3n) is 28.4. The van der Waals surface area contributed by atoms with E-state index in [2.05, 4.69) is 449 Å². The molecule has 0 N–H and O–H groups in total. The largest absolute Gasteiger partial charge is 0.456 e. The molecule has 0 saturated heterocycles. The van der Waals surface area contributed by atoms with Crippen molar-refractivity contribution in [2.24, 2.45) is 0 Å². The molecular formula is C128H74O3. The summed E-state index contributed by atoms with van der Waals surface area (Å²) >= 11 is 0. The van der Waals surface area contributed by atoms with Crippen molar-refractivity contribution in [3.05, 3.63) is 449 Å². The van der Waals surface area contributed by atoms with Crippen LogP contribution in [0.4, 0.5) is 0 Å². The van der Waals surface area contributed by atoms with E-state index in [9.17, 15) is 0 Å². The summed E-state index contributed by atoms with van der Waals surface area (Å²) in [6.07, 6.45) is 0. The van der Waals surface area contributed by atoms with Gasteiger partial charge in [0.2, 0.25) is 0 Å². The fourth-order valence-electron chi connectivity index (χ4n) is 22.6. The van der Waals surface area contributed by atoms with E-state index in [1.165, 1.54) is 136 Å². The Kier molecular flexibility index (Phi) is 16.0. The molecule has 3 heterocycles. The van der Waals surface area contributed by atoms with E-state index in [0.29, 0.717) is 0 Å². The summed E-state index contributed by atoms with van der Waals surface area (Å²) in [5.74, 6) is 5.08. The molecule has 28 rings (SSSR count). The molecule has 0 radical (unpaired) electrons. The van der Waals surface area contributed by atoms with Gasteiger partial charge >= 0.3 is 0 Å². The Bertz CT molecular complexity index is 9230. The summed E-state index contributed by atoms with van der Waals surface area (Å²) in [4.78, 5) is 0. The van der Waals surface area contributed by atoms with Crippen molar-refractivity contribution in [3.63, 3.8) is 0 Å². The Morgan fingerprint density at radius 1 is 0.107 bits per heavy atom. The van der Waals surface area contributed by atoms with Crippen molar-refractivity contribution in [1.29, 1.82) is 0 Å². The van der Waals surface area contributed by atoms with Gasteiger partial charge in [0, 0.05) is 38.4 Å². The zero-order chi connectivity index (χ0) is 85.6. The molecule has 25 aromatic rings. The molecule has 3 nitrogen and oxygen atoms in total. The predicted octanol–water partition coefficient (Wildman–Crippen LogP) is 36.4. The van der Waals surface area contributed by atoms with Gasteiger partial charge in [0.1, 0.15) is 34.5 Å². The highest BCUT2D eigenvalue weighted by Crippen LogP contribution is 2.59. The second-order valence-electron chi connectivity index (χ2n) is 35.3. The molecular weight excluding hydrogens is 1590 g/mol. The maximum atomic E-state index is 7.26. The predicted molar refractivity (Wildman–Crippen MR) is 550 cm³/mol. The van der Waals surface area contributed by atoms with Crippen LogP contribution in [0, 0.1) is 0 Å². The first-order valence-corrected chi connectivity index (χ1v) is 45.2. The quantitative estimate of drug-likeness (QED) is 0.128. The average molecular weight is 1660 g/mol. The Morgan fingerprint density at radius 2 is 0.420 bits per heavy atom. The fraction of sp³-hybridized carbons (Fsp3) is 0. The lowest BCUT2D eigenvalue weighted by Crippen LogP contribution is -2.01. The minimum absolute atomic E-state index is 0.818. The summed E-state index contributed by atoms with van der Waals surface area (Å²) in [5, 5.41) is 25.8.